The first-order chi connectivity index (χ1) is 6.24. The lowest BCUT2D eigenvalue weighted by molar-refractivity contribution is -0.0278. The summed E-state index contributed by atoms with van der Waals surface area (Å²) in [6, 6.07) is 0. The Morgan fingerprint density at radius 3 is 2.85 bits per heavy atom. The smallest absolute Gasteiger partial charge is 0.0674 e. The highest BCUT2D eigenvalue weighted by Gasteiger charge is 2.43. The number of aliphatic hydroxyl groups excluding tert-OH is 1. The van der Waals surface area contributed by atoms with Crippen molar-refractivity contribution in [2.24, 2.45) is 5.41 Å². The second-order valence-corrected chi connectivity index (χ2v) is 4.57. The first-order valence-corrected chi connectivity index (χ1v) is 5.19. The molecule has 2 fully saturated rings. The van der Waals surface area contributed by atoms with E-state index in [9.17, 15) is 5.11 Å². The van der Waals surface area contributed by atoms with Gasteiger partial charge in [-0.1, -0.05) is 0 Å². The van der Waals surface area contributed by atoms with Crippen molar-refractivity contribution in [2.45, 2.75) is 25.9 Å². The molecule has 1 heterocycles. The van der Waals surface area contributed by atoms with Gasteiger partial charge < -0.3 is 9.84 Å². The van der Waals surface area contributed by atoms with Gasteiger partial charge in [0.2, 0.25) is 0 Å². The second-order valence-electron chi connectivity index (χ2n) is 4.57. The number of aliphatic hydroxyl groups is 1. The number of hydrogen-bond donors (Lipinski definition) is 1. The third-order valence-electron chi connectivity index (χ3n) is 3.18. The molecule has 0 amide bonds. The highest BCUT2D eigenvalue weighted by molar-refractivity contribution is 4.95. The maximum absolute atomic E-state index is 9.20. The third-order valence-corrected chi connectivity index (χ3v) is 3.18. The molecule has 0 aromatic rings. The fraction of sp³-hybridized carbons (Fsp3) is 1.00. The summed E-state index contributed by atoms with van der Waals surface area (Å²) in [5.74, 6) is 0. The molecule has 3 heteroatoms. The quantitative estimate of drug-likeness (QED) is 0.694. The molecule has 13 heavy (non-hydrogen) atoms. The normalized spacial score (nSPS) is 33.2. The van der Waals surface area contributed by atoms with Crippen molar-refractivity contribution in [1.82, 2.24) is 4.90 Å². The number of nitrogens with zero attached hydrogens (tertiary/aromatic N) is 1. The minimum atomic E-state index is 0.261. The van der Waals surface area contributed by atoms with Gasteiger partial charge in [-0.3, -0.25) is 4.90 Å². The van der Waals surface area contributed by atoms with Crippen LogP contribution in [0.1, 0.15) is 19.8 Å². The molecular weight excluding hydrogens is 166 g/mol. The van der Waals surface area contributed by atoms with Gasteiger partial charge in [-0.25, -0.2) is 0 Å². The molecule has 1 aliphatic heterocycles. The standard InChI is InChI=1S/C10H19NO2/c1-9-6-11(4-5-13-9)7-10(8-12)2-3-10/h9,12H,2-8H2,1H3/t9-/m0/s1. The van der Waals surface area contributed by atoms with Crippen LogP contribution in [0.4, 0.5) is 0 Å². The Bertz CT molecular complexity index is 180. The highest BCUT2D eigenvalue weighted by Crippen LogP contribution is 2.45. The van der Waals surface area contributed by atoms with Crippen molar-refractivity contribution in [1.29, 1.82) is 0 Å². The topological polar surface area (TPSA) is 32.7 Å². The van der Waals surface area contributed by atoms with Crippen LogP contribution in [0.15, 0.2) is 0 Å². The van der Waals surface area contributed by atoms with Crippen molar-refractivity contribution in [3.8, 4) is 0 Å². The second kappa shape index (κ2) is 3.56. The first-order valence-electron chi connectivity index (χ1n) is 5.19. The van der Waals surface area contributed by atoms with E-state index in [4.69, 9.17) is 4.74 Å². The largest absolute Gasteiger partial charge is 0.396 e. The van der Waals surface area contributed by atoms with E-state index in [-0.39, 0.29) is 5.41 Å². The molecule has 3 nitrogen and oxygen atoms in total. The SMILES string of the molecule is C[C@H]1CN(CC2(CO)CC2)CCO1. The van der Waals surface area contributed by atoms with E-state index in [1.807, 2.05) is 0 Å². The zero-order chi connectivity index (χ0) is 9.31. The molecule has 1 atom stereocenters. The molecule has 1 N–H and O–H groups in total. The molecule has 1 saturated carbocycles. The molecule has 76 valence electrons. The Morgan fingerprint density at radius 1 is 1.54 bits per heavy atom. The summed E-state index contributed by atoms with van der Waals surface area (Å²) in [6.07, 6.45) is 2.77. The van der Waals surface area contributed by atoms with Crippen LogP contribution < -0.4 is 0 Å². The summed E-state index contributed by atoms with van der Waals surface area (Å²) in [5.41, 5.74) is 0.261. The number of ether oxygens (including phenoxy) is 1. The van der Waals surface area contributed by atoms with E-state index in [1.165, 1.54) is 12.8 Å². The molecule has 0 unspecified atom stereocenters. The van der Waals surface area contributed by atoms with E-state index in [2.05, 4.69) is 11.8 Å². The molecule has 0 aromatic carbocycles. The van der Waals surface area contributed by atoms with E-state index in [0.29, 0.717) is 12.7 Å². The zero-order valence-electron chi connectivity index (χ0n) is 8.33. The molecule has 1 aliphatic carbocycles. The van der Waals surface area contributed by atoms with Gasteiger partial charge in [0, 0.05) is 31.7 Å². The van der Waals surface area contributed by atoms with E-state index >= 15 is 0 Å². The molecule has 0 aromatic heterocycles. The number of morpholine rings is 1. The Hall–Kier alpha value is -0.120. The maximum atomic E-state index is 9.20. The Balaban J connectivity index is 1.80. The van der Waals surface area contributed by atoms with Gasteiger partial charge >= 0.3 is 0 Å². The van der Waals surface area contributed by atoms with Gasteiger partial charge in [0.25, 0.3) is 0 Å². The Kier molecular flexibility index (Phi) is 2.58. The molecule has 0 bridgehead atoms. The van der Waals surface area contributed by atoms with Crippen LogP contribution in [0, 0.1) is 5.41 Å². The highest BCUT2D eigenvalue weighted by atomic mass is 16.5. The van der Waals surface area contributed by atoms with Crippen molar-refractivity contribution < 1.29 is 9.84 Å². The van der Waals surface area contributed by atoms with E-state index in [0.717, 1.165) is 26.2 Å². The van der Waals surface area contributed by atoms with Gasteiger partial charge in [0.1, 0.15) is 0 Å². The maximum Gasteiger partial charge on any atom is 0.0674 e. The molecule has 2 rings (SSSR count). The fourth-order valence-electron chi connectivity index (χ4n) is 2.05. The predicted octanol–water partition coefficient (Wildman–Crippen LogP) is 0.480. The molecule has 1 saturated heterocycles. The van der Waals surface area contributed by atoms with Crippen LogP contribution in [0.2, 0.25) is 0 Å². The van der Waals surface area contributed by atoms with Crippen molar-refractivity contribution in [3.05, 3.63) is 0 Å². The van der Waals surface area contributed by atoms with Crippen LogP contribution in [0.25, 0.3) is 0 Å². The lowest BCUT2D eigenvalue weighted by atomic mass is 10.1. The van der Waals surface area contributed by atoms with Crippen LogP contribution >= 0.6 is 0 Å². The minimum absolute atomic E-state index is 0.261. The Labute approximate surface area is 79.7 Å². The molecular formula is C10H19NO2. The summed E-state index contributed by atoms with van der Waals surface area (Å²) in [5, 5.41) is 9.20. The zero-order valence-corrected chi connectivity index (χ0v) is 8.33. The van der Waals surface area contributed by atoms with E-state index in [1.54, 1.807) is 0 Å². The molecule has 2 aliphatic rings. The summed E-state index contributed by atoms with van der Waals surface area (Å²) in [4.78, 5) is 2.43. The summed E-state index contributed by atoms with van der Waals surface area (Å²) < 4.78 is 5.47. The average molecular weight is 185 g/mol. The average Bonchev–Trinajstić information content (AvgIpc) is 2.86. The number of rotatable bonds is 3. The van der Waals surface area contributed by atoms with Gasteiger partial charge in [-0.05, 0) is 19.8 Å². The lowest BCUT2D eigenvalue weighted by Gasteiger charge is -2.33. The van der Waals surface area contributed by atoms with Gasteiger partial charge in [0.15, 0.2) is 0 Å². The first kappa shape index (κ1) is 9.44. The Morgan fingerprint density at radius 2 is 2.31 bits per heavy atom. The third kappa shape index (κ3) is 2.22. The van der Waals surface area contributed by atoms with Gasteiger partial charge in [-0.15, -0.1) is 0 Å². The van der Waals surface area contributed by atoms with Gasteiger partial charge in [-0.2, -0.15) is 0 Å². The fourth-order valence-corrected chi connectivity index (χ4v) is 2.05. The molecule has 0 spiro atoms. The summed E-state index contributed by atoms with van der Waals surface area (Å²) in [6.45, 7) is 6.46. The monoisotopic (exact) mass is 185 g/mol. The van der Waals surface area contributed by atoms with E-state index < -0.39 is 0 Å². The van der Waals surface area contributed by atoms with Gasteiger partial charge in [0.05, 0.1) is 12.7 Å². The summed E-state index contributed by atoms with van der Waals surface area (Å²) in [7, 11) is 0. The van der Waals surface area contributed by atoms with Crippen LogP contribution in [0.3, 0.4) is 0 Å². The van der Waals surface area contributed by atoms with Crippen molar-refractivity contribution >= 4 is 0 Å². The van der Waals surface area contributed by atoms with Crippen molar-refractivity contribution in [2.75, 3.05) is 32.8 Å². The van der Waals surface area contributed by atoms with Crippen LogP contribution in [-0.2, 0) is 4.74 Å². The summed E-state index contributed by atoms with van der Waals surface area (Å²) >= 11 is 0. The molecule has 0 radical (unpaired) electrons. The van der Waals surface area contributed by atoms with Crippen molar-refractivity contribution in [3.63, 3.8) is 0 Å². The predicted molar refractivity (Wildman–Crippen MR) is 50.6 cm³/mol. The lowest BCUT2D eigenvalue weighted by Crippen LogP contribution is -2.44. The van der Waals surface area contributed by atoms with Crippen LogP contribution in [-0.4, -0.2) is 49.0 Å². The van der Waals surface area contributed by atoms with Crippen LogP contribution in [0.5, 0.6) is 0 Å². The number of hydrogen-bond acceptors (Lipinski definition) is 3. The minimum Gasteiger partial charge on any atom is -0.396 e.